The van der Waals surface area contributed by atoms with Gasteiger partial charge in [-0.2, -0.15) is 5.10 Å². The third kappa shape index (κ3) is 6.02. The highest BCUT2D eigenvalue weighted by Gasteiger charge is 2.13. The van der Waals surface area contributed by atoms with Gasteiger partial charge in [-0.25, -0.2) is 5.43 Å². The van der Waals surface area contributed by atoms with Crippen molar-refractivity contribution in [2.24, 2.45) is 5.10 Å². The summed E-state index contributed by atoms with van der Waals surface area (Å²) in [6, 6.07) is 16.4. The zero-order chi connectivity index (χ0) is 25.7. The number of hydrazone groups is 1. The molecule has 0 unspecified atom stereocenters. The number of benzene rings is 3. The third-order valence-corrected chi connectivity index (χ3v) is 5.80. The average molecular weight is 573 g/mol. The molecule has 0 saturated heterocycles. The Kier molecular flexibility index (Phi) is 7.87. The van der Waals surface area contributed by atoms with Crippen LogP contribution in [0.1, 0.15) is 28.6 Å². The Bertz CT molecular complexity index is 1450. The Morgan fingerprint density at radius 2 is 2.03 bits per heavy atom. The van der Waals surface area contributed by atoms with Crippen molar-refractivity contribution < 1.29 is 23.6 Å². The Morgan fingerprint density at radius 3 is 2.78 bits per heavy atom. The van der Waals surface area contributed by atoms with Crippen LogP contribution in [0.5, 0.6) is 11.5 Å². The highest BCUT2D eigenvalue weighted by Crippen LogP contribution is 2.35. The maximum atomic E-state index is 12.4. The molecule has 0 fully saturated rings. The fourth-order valence-corrected chi connectivity index (χ4v) is 4.31. The van der Waals surface area contributed by atoms with Crippen molar-refractivity contribution >= 4 is 56.3 Å². The average Bonchev–Trinajstić information content (AvgIpc) is 3.27. The van der Waals surface area contributed by atoms with E-state index in [1.165, 1.54) is 18.3 Å². The summed E-state index contributed by atoms with van der Waals surface area (Å²) >= 11 is 9.77. The molecular formula is C25H19BrClN3O6. The largest absolute Gasteiger partial charge is 0.494 e. The molecular weight excluding hydrogens is 554 g/mol. The minimum absolute atomic E-state index is 0.0206. The van der Waals surface area contributed by atoms with E-state index in [1.54, 1.807) is 48.5 Å². The summed E-state index contributed by atoms with van der Waals surface area (Å²) in [5, 5.41) is 16.0. The summed E-state index contributed by atoms with van der Waals surface area (Å²) in [6.07, 6.45) is 1.43. The Morgan fingerprint density at radius 1 is 1.19 bits per heavy atom. The molecule has 0 atom stereocenters. The molecule has 11 heteroatoms. The molecule has 3 aromatic carbocycles. The van der Waals surface area contributed by atoms with Crippen LogP contribution in [-0.4, -0.2) is 23.7 Å². The van der Waals surface area contributed by atoms with Gasteiger partial charge in [-0.1, -0.05) is 23.7 Å². The number of hydrogen-bond donors (Lipinski definition) is 1. The molecule has 0 bridgehead atoms. The summed E-state index contributed by atoms with van der Waals surface area (Å²) in [5.74, 6) is 0.663. The lowest BCUT2D eigenvalue weighted by Crippen LogP contribution is -2.16. The number of ether oxygens (including phenoxy) is 2. The maximum Gasteiger partial charge on any atom is 0.307 e. The number of non-ortho nitro benzene ring substituents is 1. The van der Waals surface area contributed by atoms with E-state index in [0.29, 0.717) is 44.3 Å². The predicted molar refractivity (Wildman–Crippen MR) is 139 cm³/mol. The maximum absolute atomic E-state index is 12.4. The topological polar surface area (TPSA) is 116 Å². The van der Waals surface area contributed by atoms with Gasteiger partial charge in [0.15, 0.2) is 11.5 Å². The fraction of sp³-hybridized carbons (Fsp3) is 0.120. The SMILES string of the molecule is CCOc1ccc2oc(C(=O)N/N=C/c3cc(Cl)c(OCc4cccc([N+](=O)[O-])c4)c(Br)c3)cc2c1. The van der Waals surface area contributed by atoms with Crippen molar-refractivity contribution in [1.29, 1.82) is 0 Å². The highest BCUT2D eigenvalue weighted by atomic mass is 79.9. The first-order valence-electron chi connectivity index (χ1n) is 10.7. The molecule has 0 aliphatic carbocycles. The molecule has 9 nitrogen and oxygen atoms in total. The van der Waals surface area contributed by atoms with Gasteiger partial charge in [0.05, 0.1) is 27.2 Å². The monoisotopic (exact) mass is 571 g/mol. The van der Waals surface area contributed by atoms with Gasteiger partial charge in [0.2, 0.25) is 0 Å². The number of nitro groups is 1. The Hall–Kier alpha value is -3.89. The third-order valence-electron chi connectivity index (χ3n) is 4.93. The van der Waals surface area contributed by atoms with Crippen molar-refractivity contribution in [1.82, 2.24) is 5.43 Å². The number of hydrogen-bond acceptors (Lipinski definition) is 7. The van der Waals surface area contributed by atoms with Crippen LogP contribution in [0.3, 0.4) is 0 Å². The van der Waals surface area contributed by atoms with Crippen LogP contribution in [0.15, 0.2) is 74.7 Å². The lowest BCUT2D eigenvalue weighted by atomic mass is 10.2. The van der Waals surface area contributed by atoms with Crippen molar-refractivity contribution in [3.05, 3.63) is 97.2 Å². The van der Waals surface area contributed by atoms with E-state index in [1.807, 2.05) is 6.92 Å². The number of rotatable bonds is 9. The van der Waals surface area contributed by atoms with E-state index in [2.05, 4.69) is 26.5 Å². The number of nitrogens with one attached hydrogen (secondary N) is 1. The quantitative estimate of drug-likeness (QED) is 0.139. The van der Waals surface area contributed by atoms with Crippen LogP contribution in [0.2, 0.25) is 5.02 Å². The Labute approximate surface area is 218 Å². The molecule has 0 aliphatic heterocycles. The van der Waals surface area contributed by atoms with E-state index in [9.17, 15) is 14.9 Å². The molecule has 4 rings (SSSR count). The minimum Gasteiger partial charge on any atom is -0.494 e. The number of halogens is 2. The van der Waals surface area contributed by atoms with E-state index < -0.39 is 10.8 Å². The molecule has 1 N–H and O–H groups in total. The lowest BCUT2D eigenvalue weighted by molar-refractivity contribution is -0.384. The minimum atomic E-state index is -0.512. The van der Waals surface area contributed by atoms with Crippen LogP contribution in [0.4, 0.5) is 5.69 Å². The van der Waals surface area contributed by atoms with Gasteiger partial charge in [-0.15, -0.1) is 0 Å². The van der Waals surface area contributed by atoms with Crippen LogP contribution < -0.4 is 14.9 Å². The van der Waals surface area contributed by atoms with Gasteiger partial charge in [-0.3, -0.25) is 14.9 Å². The molecule has 1 aromatic heterocycles. The number of fused-ring (bicyclic) bond motifs is 1. The van der Waals surface area contributed by atoms with E-state index in [4.69, 9.17) is 25.5 Å². The lowest BCUT2D eigenvalue weighted by Gasteiger charge is -2.11. The van der Waals surface area contributed by atoms with Crippen molar-refractivity contribution in [2.75, 3.05) is 6.61 Å². The Balaban J connectivity index is 1.40. The molecule has 1 amide bonds. The van der Waals surface area contributed by atoms with Crippen LogP contribution >= 0.6 is 27.5 Å². The molecule has 0 spiro atoms. The molecule has 0 saturated carbocycles. The van der Waals surface area contributed by atoms with E-state index in [0.717, 1.165) is 5.39 Å². The number of carbonyl (C=O) groups excluding carboxylic acids is 1. The van der Waals surface area contributed by atoms with E-state index >= 15 is 0 Å². The second-order valence-electron chi connectivity index (χ2n) is 7.47. The normalized spacial score (nSPS) is 11.1. The number of carbonyl (C=O) groups is 1. The van der Waals surface area contributed by atoms with Crippen molar-refractivity contribution in [3.63, 3.8) is 0 Å². The predicted octanol–water partition coefficient (Wildman–Crippen LogP) is 6.50. The highest BCUT2D eigenvalue weighted by molar-refractivity contribution is 9.10. The van der Waals surface area contributed by atoms with Gasteiger partial charge in [0.1, 0.15) is 17.9 Å². The molecule has 4 aromatic rings. The number of amides is 1. The van der Waals surface area contributed by atoms with E-state index in [-0.39, 0.29) is 18.1 Å². The van der Waals surface area contributed by atoms with Gasteiger partial charge < -0.3 is 13.9 Å². The summed E-state index contributed by atoms with van der Waals surface area (Å²) in [5.41, 5.74) is 4.19. The van der Waals surface area contributed by atoms with Gasteiger partial charge in [0.25, 0.3) is 5.69 Å². The molecule has 36 heavy (non-hydrogen) atoms. The van der Waals surface area contributed by atoms with Crippen molar-refractivity contribution in [2.45, 2.75) is 13.5 Å². The fourth-order valence-electron chi connectivity index (χ4n) is 3.32. The van der Waals surface area contributed by atoms with Gasteiger partial charge in [-0.05, 0) is 70.4 Å². The summed E-state index contributed by atoms with van der Waals surface area (Å²) < 4.78 is 17.4. The zero-order valence-corrected chi connectivity index (χ0v) is 21.2. The number of nitro benzene ring substituents is 1. The standard InChI is InChI=1S/C25H19BrClN3O6/c1-2-34-19-6-7-22-17(11-19)12-23(36-22)25(31)29-28-13-16-9-20(26)24(21(27)10-16)35-14-15-4-3-5-18(8-15)30(32)33/h3-13H,2,14H2,1H3,(H,29,31)/b28-13+. The molecule has 1 heterocycles. The first kappa shape index (κ1) is 25.2. The second-order valence-corrected chi connectivity index (χ2v) is 8.73. The van der Waals surface area contributed by atoms with Crippen LogP contribution in [0, 0.1) is 10.1 Å². The smallest absolute Gasteiger partial charge is 0.307 e. The summed E-state index contributed by atoms with van der Waals surface area (Å²) in [4.78, 5) is 22.9. The van der Waals surface area contributed by atoms with Gasteiger partial charge >= 0.3 is 5.91 Å². The first-order chi connectivity index (χ1) is 17.3. The molecule has 0 radical (unpaired) electrons. The second kappa shape index (κ2) is 11.2. The van der Waals surface area contributed by atoms with Gasteiger partial charge in [0, 0.05) is 17.5 Å². The first-order valence-corrected chi connectivity index (χ1v) is 11.9. The summed E-state index contributed by atoms with van der Waals surface area (Å²) in [7, 11) is 0. The molecule has 184 valence electrons. The zero-order valence-electron chi connectivity index (χ0n) is 18.9. The molecule has 0 aliphatic rings. The van der Waals surface area contributed by atoms with Crippen molar-refractivity contribution in [3.8, 4) is 11.5 Å². The number of furan rings is 1. The van der Waals surface area contributed by atoms with Crippen LogP contribution in [-0.2, 0) is 6.61 Å². The summed E-state index contributed by atoms with van der Waals surface area (Å²) in [6.45, 7) is 2.52. The number of nitrogens with zero attached hydrogens (tertiary/aromatic N) is 2. The van der Waals surface area contributed by atoms with Crippen LogP contribution in [0.25, 0.3) is 11.0 Å².